The Hall–Kier alpha value is -3.02. The molecule has 1 atom stereocenters. The predicted molar refractivity (Wildman–Crippen MR) is 104 cm³/mol. The SMILES string of the molecule is Cc1ccc(OCC(=O)NNC(=O)C(C)Oc2ccc(C(C)C)cc2)cc1. The smallest absolute Gasteiger partial charge is 0.279 e. The second-order valence-electron chi connectivity index (χ2n) is 6.62. The molecule has 2 rings (SSSR count). The molecule has 2 N–H and O–H groups in total. The van der Waals surface area contributed by atoms with E-state index in [1.807, 2.05) is 43.3 Å². The Labute approximate surface area is 159 Å². The molecule has 2 aromatic carbocycles. The molecule has 2 aromatic rings. The standard InChI is InChI=1S/C21H26N2O4/c1-14(2)17-7-11-19(12-8-17)27-16(4)21(25)23-22-20(24)13-26-18-9-5-15(3)6-10-18/h5-12,14,16H,13H2,1-4H3,(H,22,24)(H,23,25). The third kappa shape index (κ3) is 6.66. The summed E-state index contributed by atoms with van der Waals surface area (Å²) in [5.74, 6) is 0.695. The van der Waals surface area contributed by atoms with Gasteiger partial charge in [-0.05, 0) is 49.6 Å². The van der Waals surface area contributed by atoms with Crippen molar-refractivity contribution < 1.29 is 19.1 Å². The first-order chi connectivity index (χ1) is 12.8. The highest BCUT2D eigenvalue weighted by Gasteiger charge is 2.15. The fourth-order valence-corrected chi connectivity index (χ4v) is 2.24. The van der Waals surface area contributed by atoms with Gasteiger partial charge in [-0.1, -0.05) is 43.7 Å². The van der Waals surface area contributed by atoms with Crippen molar-refractivity contribution in [2.24, 2.45) is 0 Å². The maximum absolute atomic E-state index is 12.0. The van der Waals surface area contributed by atoms with E-state index < -0.39 is 17.9 Å². The van der Waals surface area contributed by atoms with Crippen molar-refractivity contribution in [3.63, 3.8) is 0 Å². The molecule has 0 aliphatic rings. The summed E-state index contributed by atoms with van der Waals surface area (Å²) >= 11 is 0. The summed E-state index contributed by atoms with van der Waals surface area (Å²) in [5, 5.41) is 0. The van der Waals surface area contributed by atoms with Gasteiger partial charge in [0.15, 0.2) is 12.7 Å². The molecule has 0 heterocycles. The Balaban J connectivity index is 1.73. The zero-order valence-corrected chi connectivity index (χ0v) is 16.1. The number of hydrogen-bond donors (Lipinski definition) is 2. The summed E-state index contributed by atoms with van der Waals surface area (Å²) in [6.45, 7) is 7.60. The quantitative estimate of drug-likeness (QED) is 0.734. The van der Waals surface area contributed by atoms with Gasteiger partial charge in [0.05, 0.1) is 0 Å². The largest absolute Gasteiger partial charge is 0.484 e. The lowest BCUT2D eigenvalue weighted by atomic mass is 10.0. The zero-order chi connectivity index (χ0) is 19.8. The molecule has 27 heavy (non-hydrogen) atoms. The van der Waals surface area contributed by atoms with Crippen molar-refractivity contribution in [2.45, 2.75) is 39.7 Å². The average molecular weight is 370 g/mol. The second kappa shape index (κ2) is 9.62. The predicted octanol–water partition coefficient (Wildman–Crippen LogP) is 3.11. The van der Waals surface area contributed by atoms with Gasteiger partial charge in [0, 0.05) is 0 Å². The number of benzene rings is 2. The summed E-state index contributed by atoms with van der Waals surface area (Å²) in [6, 6.07) is 14.9. The summed E-state index contributed by atoms with van der Waals surface area (Å²) in [7, 11) is 0. The van der Waals surface area contributed by atoms with Gasteiger partial charge >= 0.3 is 0 Å². The number of aryl methyl sites for hydroxylation is 1. The lowest BCUT2D eigenvalue weighted by Crippen LogP contribution is -2.48. The molecule has 0 radical (unpaired) electrons. The number of hydrogen-bond acceptors (Lipinski definition) is 4. The second-order valence-corrected chi connectivity index (χ2v) is 6.62. The molecule has 6 nitrogen and oxygen atoms in total. The number of carbonyl (C=O) groups is 2. The molecule has 0 aromatic heterocycles. The molecule has 6 heteroatoms. The average Bonchev–Trinajstić information content (AvgIpc) is 2.66. The molecular formula is C21H26N2O4. The van der Waals surface area contributed by atoms with E-state index >= 15 is 0 Å². The van der Waals surface area contributed by atoms with E-state index in [0.29, 0.717) is 17.4 Å². The monoisotopic (exact) mass is 370 g/mol. The molecule has 0 saturated heterocycles. The van der Waals surface area contributed by atoms with Crippen LogP contribution in [0.5, 0.6) is 11.5 Å². The Morgan fingerprint density at radius 1 is 0.889 bits per heavy atom. The van der Waals surface area contributed by atoms with Gasteiger partial charge in [0.25, 0.3) is 11.8 Å². The third-order valence-electron chi connectivity index (χ3n) is 3.94. The van der Waals surface area contributed by atoms with Gasteiger partial charge in [-0.15, -0.1) is 0 Å². The van der Waals surface area contributed by atoms with Crippen LogP contribution in [0.3, 0.4) is 0 Å². The van der Waals surface area contributed by atoms with Crippen LogP contribution in [-0.2, 0) is 9.59 Å². The summed E-state index contributed by atoms with van der Waals surface area (Å²) in [5.41, 5.74) is 6.94. The number of ether oxygens (including phenoxy) is 2. The summed E-state index contributed by atoms with van der Waals surface area (Å²) < 4.78 is 10.9. The lowest BCUT2D eigenvalue weighted by Gasteiger charge is -2.16. The van der Waals surface area contributed by atoms with Gasteiger partial charge in [-0.3, -0.25) is 20.4 Å². The van der Waals surface area contributed by atoms with Crippen molar-refractivity contribution in [3.8, 4) is 11.5 Å². The molecule has 2 amide bonds. The van der Waals surface area contributed by atoms with Crippen LogP contribution in [0.15, 0.2) is 48.5 Å². The van der Waals surface area contributed by atoms with Crippen molar-refractivity contribution in [2.75, 3.05) is 6.61 Å². The molecule has 0 aliphatic heterocycles. The zero-order valence-electron chi connectivity index (χ0n) is 16.1. The maximum Gasteiger partial charge on any atom is 0.279 e. The third-order valence-corrected chi connectivity index (χ3v) is 3.94. The molecule has 0 saturated carbocycles. The van der Waals surface area contributed by atoms with Crippen LogP contribution >= 0.6 is 0 Å². The van der Waals surface area contributed by atoms with E-state index in [-0.39, 0.29) is 6.61 Å². The topological polar surface area (TPSA) is 76.7 Å². The maximum atomic E-state index is 12.0. The number of hydrazine groups is 1. The first-order valence-corrected chi connectivity index (χ1v) is 8.90. The van der Waals surface area contributed by atoms with Crippen molar-refractivity contribution in [1.29, 1.82) is 0 Å². The number of rotatable bonds is 7. The highest BCUT2D eigenvalue weighted by Crippen LogP contribution is 2.19. The van der Waals surface area contributed by atoms with Gasteiger partial charge < -0.3 is 9.47 Å². The van der Waals surface area contributed by atoms with E-state index in [4.69, 9.17) is 9.47 Å². The van der Waals surface area contributed by atoms with Gasteiger partial charge in [0.2, 0.25) is 0 Å². The Kier molecular flexibility index (Phi) is 7.23. The van der Waals surface area contributed by atoms with Gasteiger partial charge in [-0.2, -0.15) is 0 Å². The highest BCUT2D eigenvalue weighted by atomic mass is 16.5. The van der Waals surface area contributed by atoms with Crippen LogP contribution < -0.4 is 20.3 Å². The molecule has 0 aliphatic carbocycles. The normalized spacial score (nSPS) is 11.6. The number of carbonyl (C=O) groups excluding carboxylic acids is 2. The van der Waals surface area contributed by atoms with E-state index in [2.05, 4.69) is 24.7 Å². The van der Waals surface area contributed by atoms with Gasteiger partial charge in [0.1, 0.15) is 11.5 Å². The molecule has 0 fully saturated rings. The molecule has 0 bridgehead atoms. The van der Waals surface area contributed by atoms with Gasteiger partial charge in [-0.25, -0.2) is 0 Å². The number of amides is 2. The van der Waals surface area contributed by atoms with Crippen LogP contribution in [-0.4, -0.2) is 24.5 Å². The molecular weight excluding hydrogens is 344 g/mol. The molecule has 1 unspecified atom stereocenters. The van der Waals surface area contributed by atoms with Crippen molar-refractivity contribution in [1.82, 2.24) is 10.9 Å². The number of nitrogens with one attached hydrogen (secondary N) is 2. The Bertz CT molecular complexity index is 755. The fourth-order valence-electron chi connectivity index (χ4n) is 2.24. The molecule has 0 spiro atoms. The van der Waals surface area contributed by atoms with E-state index in [1.54, 1.807) is 19.1 Å². The van der Waals surface area contributed by atoms with Crippen LogP contribution in [0.2, 0.25) is 0 Å². The minimum absolute atomic E-state index is 0.199. The van der Waals surface area contributed by atoms with E-state index in [0.717, 1.165) is 5.56 Å². The van der Waals surface area contributed by atoms with E-state index in [9.17, 15) is 9.59 Å². The van der Waals surface area contributed by atoms with Crippen molar-refractivity contribution in [3.05, 3.63) is 59.7 Å². The van der Waals surface area contributed by atoms with E-state index in [1.165, 1.54) is 5.56 Å². The van der Waals surface area contributed by atoms with Crippen LogP contribution in [0, 0.1) is 6.92 Å². The van der Waals surface area contributed by atoms with Crippen molar-refractivity contribution >= 4 is 11.8 Å². The highest BCUT2D eigenvalue weighted by molar-refractivity contribution is 5.85. The van der Waals surface area contributed by atoms with Crippen LogP contribution in [0.1, 0.15) is 37.8 Å². The Morgan fingerprint density at radius 3 is 2.07 bits per heavy atom. The Morgan fingerprint density at radius 2 is 1.48 bits per heavy atom. The summed E-state index contributed by atoms with van der Waals surface area (Å²) in [4.78, 5) is 23.8. The minimum Gasteiger partial charge on any atom is -0.484 e. The fraction of sp³-hybridized carbons (Fsp3) is 0.333. The summed E-state index contributed by atoms with van der Waals surface area (Å²) in [6.07, 6.45) is -0.756. The first-order valence-electron chi connectivity index (χ1n) is 8.90. The minimum atomic E-state index is -0.756. The lowest BCUT2D eigenvalue weighted by molar-refractivity contribution is -0.133. The first kappa shape index (κ1) is 20.3. The van der Waals surface area contributed by atoms with Crippen LogP contribution in [0.4, 0.5) is 0 Å². The molecule has 144 valence electrons. The van der Waals surface area contributed by atoms with Crippen LogP contribution in [0.25, 0.3) is 0 Å².